The predicted octanol–water partition coefficient (Wildman–Crippen LogP) is 3.00. The highest BCUT2D eigenvalue weighted by Gasteiger charge is 2.36. The summed E-state index contributed by atoms with van der Waals surface area (Å²) in [4.78, 5) is 32.3. The molecule has 26 heavy (non-hydrogen) atoms. The standard InChI is InChI=1S/C19H13FN4O2/c20-10-5-6-11-12(8-17(25)22-16(11)7-10)18(26)13(9-21)19-23-14-3-1-2-4-15(14)24-19/h1-7,12-13H,8H2,(H,22,25)(H,23,24). The van der Waals surface area contributed by atoms with Crippen molar-refractivity contribution in [1.82, 2.24) is 9.97 Å². The van der Waals surface area contributed by atoms with Gasteiger partial charge in [-0.3, -0.25) is 9.59 Å². The number of fused-ring (bicyclic) bond motifs is 2. The number of anilines is 1. The van der Waals surface area contributed by atoms with Crippen LogP contribution in [0.1, 0.15) is 29.6 Å². The van der Waals surface area contributed by atoms with E-state index >= 15 is 0 Å². The summed E-state index contributed by atoms with van der Waals surface area (Å²) in [5.74, 6) is -3.05. The first kappa shape index (κ1) is 16.0. The minimum atomic E-state index is -1.14. The lowest BCUT2D eigenvalue weighted by atomic mass is 9.82. The Morgan fingerprint density at radius 3 is 2.88 bits per heavy atom. The average molecular weight is 348 g/mol. The van der Waals surface area contributed by atoms with E-state index < -0.39 is 23.4 Å². The molecule has 0 saturated carbocycles. The maximum Gasteiger partial charge on any atom is 0.225 e. The number of nitrogens with zero attached hydrogens (tertiary/aromatic N) is 2. The number of para-hydroxylation sites is 2. The Morgan fingerprint density at radius 1 is 1.31 bits per heavy atom. The molecule has 0 spiro atoms. The van der Waals surface area contributed by atoms with Gasteiger partial charge in [0.25, 0.3) is 0 Å². The number of H-pyrrole nitrogens is 1. The summed E-state index contributed by atoms with van der Waals surface area (Å²) in [5, 5.41) is 12.1. The summed E-state index contributed by atoms with van der Waals surface area (Å²) in [7, 11) is 0. The third kappa shape index (κ3) is 2.62. The topological polar surface area (TPSA) is 98.6 Å². The lowest BCUT2D eigenvalue weighted by Crippen LogP contribution is -2.30. The first-order chi connectivity index (χ1) is 12.6. The fraction of sp³-hybridized carbons (Fsp3) is 0.158. The lowest BCUT2D eigenvalue weighted by Gasteiger charge is -2.25. The van der Waals surface area contributed by atoms with Crippen LogP contribution in [0.25, 0.3) is 11.0 Å². The van der Waals surface area contributed by atoms with Crippen molar-refractivity contribution >= 4 is 28.4 Å². The Bertz CT molecular complexity index is 1050. The lowest BCUT2D eigenvalue weighted by molar-refractivity contribution is -0.125. The molecule has 1 aromatic heterocycles. The van der Waals surface area contributed by atoms with Gasteiger partial charge in [0, 0.05) is 12.1 Å². The molecular formula is C19H13FN4O2. The molecule has 0 bridgehead atoms. The Balaban J connectivity index is 1.74. The Morgan fingerprint density at radius 2 is 2.12 bits per heavy atom. The van der Waals surface area contributed by atoms with Crippen LogP contribution in [-0.4, -0.2) is 21.7 Å². The summed E-state index contributed by atoms with van der Waals surface area (Å²) in [5.41, 5.74) is 2.15. The van der Waals surface area contributed by atoms with Crippen molar-refractivity contribution in [3.05, 3.63) is 59.7 Å². The van der Waals surface area contributed by atoms with Crippen molar-refractivity contribution in [1.29, 1.82) is 5.26 Å². The number of hydrogen-bond acceptors (Lipinski definition) is 4. The van der Waals surface area contributed by atoms with Gasteiger partial charge in [0.15, 0.2) is 11.7 Å². The second-order valence-corrected chi connectivity index (χ2v) is 6.14. The molecule has 1 amide bonds. The van der Waals surface area contributed by atoms with Crippen molar-refractivity contribution in [2.45, 2.75) is 18.3 Å². The van der Waals surface area contributed by atoms with Crippen molar-refractivity contribution in [3.8, 4) is 6.07 Å². The number of aromatic amines is 1. The number of nitrogens with one attached hydrogen (secondary N) is 2. The van der Waals surface area contributed by atoms with E-state index in [0.29, 0.717) is 11.1 Å². The summed E-state index contributed by atoms with van der Waals surface area (Å²) < 4.78 is 13.5. The number of amides is 1. The first-order valence-corrected chi connectivity index (χ1v) is 8.04. The highest BCUT2D eigenvalue weighted by atomic mass is 19.1. The van der Waals surface area contributed by atoms with Gasteiger partial charge in [-0.1, -0.05) is 18.2 Å². The number of carbonyl (C=O) groups excluding carboxylic acids is 2. The third-order valence-electron chi connectivity index (χ3n) is 4.49. The minimum absolute atomic E-state index is 0.0874. The average Bonchev–Trinajstić information content (AvgIpc) is 3.04. The summed E-state index contributed by atoms with van der Waals surface area (Å²) in [6.07, 6.45) is -0.0874. The molecule has 0 fully saturated rings. The number of hydrogen-bond donors (Lipinski definition) is 2. The zero-order valence-corrected chi connectivity index (χ0v) is 13.5. The van der Waals surface area contributed by atoms with Gasteiger partial charge in [-0.05, 0) is 29.8 Å². The Labute approximate surface area is 147 Å². The summed E-state index contributed by atoms with van der Waals surface area (Å²) in [6.45, 7) is 0. The maximum atomic E-state index is 13.5. The Kier molecular flexibility index (Phi) is 3.73. The second kappa shape index (κ2) is 6.08. The molecule has 128 valence electrons. The van der Waals surface area contributed by atoms with Crippen LogP contribution in [0, 0.1) is 17.1 Å². The summed E-state index contributed by atoms with van der Waals surface area (Å²) in [6, 6.07) is 13.1. The number of imidazole rings is 1. The van der Waals surface area contributed by atoms with E-state index in [1.807, 2.05) is 18.2 Å². The van der Waals surface area contributed by atoms with Crippen LogP contribution in [-0.2, 0) is 9.59 Å². The van der Waals surface area contributed by atoms with Gasteiger partial charge < -0.3 is 10.3 Å². The van der Waals surface area contributed by atoms with Crippen molar-refractivity contribution in [2.24, 2.45) is 0 Å². The van der Waals surface area contributed by atoms with Crippen LogP contribution >= 0.6 is 0 Å². The van der Waals surface area contributed by atoms with Gasteiger partial charge in [-0.2, -0.15) is 5.26 Å². The SMILES string of the molecule is N#CC(C(=O)C1CC(=O)Nc2cc(F)ccc21)c1nc2ccccc2[nH]1. The largest absolute Gasteiger partial charge is 0.340 e. The second-order valence-electron chi connectivity index (χ2n) is 6.14. The number of nitriles is 1. The zero-order chi connectivity index (χ0) is 18.3. The van der Waals surface area contributed by atoms with E-state index in [1.165, 1.54) is 18.2 Å². The molecule has 0 saturated heterocycles. The molecule has 2 N–H and O–H groups in total. The molecule has 7 heteroatoms. The molecule has 2 unspecified atom stereocenters. The number of Topliss-reactive ketones (excluding diaryl/α,β-unsaturated/α-hetero) is 1. The molecule has 3 aromatic rings. The number of ketones is 1. The van der Waals surface area contributed by atoms with Crippen molar-refractivity contribution in [3.63, 3.8) is 0 Å². The summed E-state index contributed by atoms with van der Waals surface area (Å²) >= 11 is 0. The van der Waals surface area contributed by atoms with Gasteiger partial charge in [-0.25, -0.2) is 9.37 Å². The molecule has 0 aliphatic carbocycles. The van der Waals surface area contributed by atoms with E-state index in [9.17, 15) is 19.2 Å². The first-order valence-electron chi connectivity index (χ1n) is 8.04. The monoisotopic (exact) mass is 348 g/mol. The minimum Gasteiger partial charge on any atom is -0.340 e. The van der Waals surface area contributed by atoms with Gasteiger partial charge in [0.1, 0.15) is 11.6 Å². The third-order valence-corrected chi connectivity index (χ3v) is 4.49. The fourth-order valence-corrected chi connectivity index (χ4v) is 3.26. The number of benzene rings is 2. The quantitative estimate of drug-likeness (QED) is 0.760. The van der Waals surface area contributed by atoms with Gasteiger partial charge in [0.05, 0.1) is 23.0 Å². The zero-order valence-electron chi connectivity index (χ0n) is 13.5. The van der Waals surface area contributed by atoms with Crippen LogP contribution < -0.4 is 5.32 Å². The molecule has 1 aliphatic heterocycles. The van der Waals surface area contributed by atoms with Crippen molar-refractivity contribution < 1.29 is 14.0 Å². The molecule has 2 atom stereocenters. The highest BCUT2D eigenvalue weighted by Crippen LogP contribution is 2.36. The molecular weight excluding hydrogens is 335 g/mol. The van der Waals surface area contributed by atoms with Gasteiger partial charge in [0.2, 0.25) is 5.91 Å². The van der Waals surface area contributed by atoms with Gasteiger partial charge >= 0.3 is 0 Å². The molecule has 2 aromatic carbocycles. The van der Waals surface area contributed by atoms with E-state index in [1.54, 1.807) is 12.1 Å². The highest BCUT2D eigenvalue weighted by molar-refractivity contribution is 6.04. The molecule has 0 radical (unpaired) electrons. The fourth-order valence-electron chi connectivity index (χ4n) is 3.26. The van der Waals surface area contributed by atoms with Crippen LogP contribution in [0.15, 0.2) is 42.5 Å². The number of carbonyl (C=O) groups is 2. The molecule has 6 nitrogen and oxygen atoms in total. The van der Waals surface area contributed by atoms with Crippen molar-refractivity contribution in [2.75, 3.05) is 5.32 Å². The van der Waals surface area contributed by atoms with Gasteiger partial charge in [-0.15, -0.1) is 0 Å². The maximum absolute atomic E-state index is 13.5. The van der Waals surface area contributed by atoms with E-state index in [2.05, 4.69) is 15.3 Å². The molecule has 1 aliphatic rings. The number of halogens is 1. The van der Waals surface area contributed by atoms with Crippen LogP contribution in [0.4, 0.5) is 10.1 Å². The smallest absolute Gasteiger partial charge is 0.225 e. The number of rotatable bonds is 3. The van der Waals surface area contributed by atoms with Crippen LogP contribution in [0.3, 0.4) is 0 Å². The number of aromatic nitrogens is 2. The van der Waals surface area contributed by atoms with Crippen LogP contribution in [0.5, 0.6) is 0 Å². The molecule has 4 rings (SSSR count). The van der Waals surface area contributed by atoms with E-state index in [0.717, 1.165) is 5.52 Å². The predicted molar refractivity (Wildman–Crippen MR) is 91.8 cm³/mol. The van der Waals surface area contributed by atoms with Crippen LogP contribution in [0.2, 0.25) is 0 Å². The molecule has 2 heterocycles. The Hall–Kier alpha value is -3.53. The van der Waals surface area contributed by atoms with E-state index in [-0.39, 0.29) is 23.8 Å². The normalized spacial score (nSPS) is 17.2. The van der Waals surface area contributed by atoms with E-state index in [4.69, 9.17) is 0 Å².